The minimum Gasteiger partial charge on any atom is -0.496 e. The summed E-state index contributed by atoms with van der Waals surface area (Å²) in [5.41, 5.74) is 5.48. The number of anilines is 2. The van der Waals surface area contributed by atoms with Gasteiger partial charge in [-0.15, -0.1) is 0 Å². The highest BCUT2D eigenvalue weighted by atomic mass is 16.5. The Labute approximate surface area is 235 Å². The van der Waals surface area contributed by atoms with Crippen LogP contribution in [0.25, 0.3) is 0 Å². The monoisotopic (exact) mass is 527 g/mol. The van der Waals surface area contributed by atoms with E-state index in [1.54, 1.807) is 14.2 Å². The van der Waals surface area contributed by atoms with E-state index >= 15 is 0 Å². The second-order valence-corrected chi connectivity index (χ2v) is 11.0. The van der Waals surface area contributed by atoms with E-state index in [4.69, 9.17) is 9.47 Å². The number of para-hydroxylation sites is 4. The van der Waals surface area contributed by atoms with Gasteiger partial charge < -0.3 is 24.2 Å². The lowest BCUT2D eigenvalue weighted by molar-refractivity contribution is 0.206. The predicted molar refractivity (Wildman–Crippen MR) is 162 cm³/mol. The maximum absolute atomic E-state index is 5.54. The zero-order valence-corrected chi connectivity index (χ0v) is 23.9. The fraction of sp³-hybridized carbons (Fsp3) is 0.471. The molecule has 2 aliphatic rings. The molecule has 0 radical (unpaired) electrons. The van der Waals surface area contributed by atoms with Gasteiger partial charge in [0.05, 0.1) is 32.3 Å². The lowest BCUT2D eigenvalue weighted by atomic mass is 10.0. The minimum atomic E-state index is 0.634. The normalized spacial score (nSPS) is 15.9. The first kappa shape index (κ1) is 27.4. The zero-order chi connectivity index (χ0) is 26.9. The van der Waals surface area contributed by atoms with E-state index in [-0.39, 0.29) is 0 Å². The number of hydrogen-bond acceptors (Lipinski definition) is 5. The van der Waals surface area contributed by atoms with Crippen molar-refractivity contribution in [2.24, 2.45) is 0 Å². The molecule has 0 aliphatic carbocycles. The second kappa shape index (κ2) is 13.7. The lowest BCUT2D eigenvalue weighted by Crippen LogP contribution is -2.46. The number of piperidine rings is 1. The summed E-state index contributed by atoms with van der Waals surface area (Å²) in [6, 6.07) is 26.5. The summed E-state index contributed by atoms with van der Waals surface area (Å²) in [5.74, 6) is 2.03. The van der Waals surface area contributed by atoms with Crippen LogP contribution in [0.3, 0.4) is 0 Å². The molecule has 3 aromatic carbocycles. The third kappa shape index (κ3) is 6.88. The van der Waals surface area contributed by atoms with Crippen molar-refractivity contribution in [1.29, 1.82) is 0 Å². The quantitative estimate of drug-likeness (QED) is 0.228. The molecule has 5 heteroatoms. The molecule has 1 fully saturated rings. The molecular weight excluding hydrogens is 482 g/mol. The molecule has 0 bridgehead atoms. The van der Waals surface area contributed by atoms with Gasteiger partial charge in [-0.1, -0.05) is 48.5 Å². The Balaban J connectivity index is 1.06. The summed E-state index contributed by atoms with van der Waals surface area (Å²) in [7, 11) is 3.54. The summed E-state index contributed by atoms with van der Waals surface area (Å²) in [6.45, 7) is 5.75. The molecule has 0 atom stereocenters. The van der Waals surface area contributed by atoms with Crippen LogP contribution in [0.2, 0.25) is 0 Å². The molecule has 0 spiro atoms. The smallest absolute Gasteiger partial charge is 0.122 e. The van der Waals surface area contributed by atoms with Gasteiger partial charge in [-0.05, 0) is 93.3 Å². The van der Waals surface area contributed by atoms with Gasteiger partial charge in [-0.2, -0.15) is 0 Å². The summed E-state index contributed by atoms with van der Waals surface area (Å²) in [4.78, 5) is 7.96. The van der Waals surface area contributed by atoms with Gasteiger partial charge in [-0.25, -0.2) is 0 Å². The average Bonchev–Trinajstić information content (AvgIpc) is 3.37. The van der Waals surface area contributed by atoms with Crippen LogP contribution in [0.15, 0.2) is 72.8 Å². The van der Waals surface area contributed by atoms with Gasteiger partial charge in [0.25, 0.3) is 0 Å². The largest absolute Gasteiger partial charge is 0.496 e. The Morgan fingerprint density at radius 2 is 1.18 bits per heavy atom. The Bertz CT molecular complexity index is 1170. The SMILES string of the molecule is COc1ccccc1CCCCN1CCC(N2CN(CCCCc3ccccc3OC)c3ccccc32)CC1. The van der Waals surface area contributed by atoms with E-state index < -0.39 is 0 Å². The van der Waals surface area contributed by atoms with Crippen LogP contribution in [0.4, 0.5) is 11.4 Å². The van der Waals surface area contributed by atoms with Crippen molar-refractivity contribution < 1.29 is 9.47 Å². The molecule has 2 aliphatic heterocycles. The third-order valence-electron chi connectivity index (χ3n) is 8.53. The molecule has 3 aromatic rings. The van der Waals surface area contributed by atoms with Gasteiger partial charge in [0, 0.05) is 25.7 Å². The molecule has 0 amide bonds. The zero-order valence-electron chi connectivity index (χ0n) is 23.9. The first-order chi connectivity index (χ1) is 19.3. The van der Waals surface area contributed by atoms with Crippen molar-refractivity contribution in [2.75, 3.05) is 56.9 Å². The maximum atomic E-state index is 5.54. The molecule has 2 heterocycles. The molecule has 0 aromatic heterocycles. The predicted octanol–water partition coefficient (Wildman–Crippen LogP) is 6.80. The number of likely N-dealkylation sites (tertiary alicyclic amines) is 1. The number of nitrogens with zero attached hydrogens (tertiary/aromatic N) is 3. The topological polar surface area (TPSA) is 28.2 Å². The van der Waals surface area contributed by atoms with Gasteiger partial charge in [0.15, 0.2) is 0 Å². The van der Waals surface area contributed by atoms with Crippen molar-refractivity contribution in [3.05, 3.63) is 83.9 Å². The van der Waals surface area contributed by atoms with Gasteiger partial charge in [0.2, 0.25) is 0 Å². The molecule has 39 heavy (non-hydrogen) atoms. The minimum absolute atomic E-state index is 0.634. The third-order valence-corrected chi connectivity index (χ3v) is 8.53. The number of benzene rings is 3. The van der Waals surface area contributed by atoms with Crippen LogP contribution in [0.1, 0.15) is 49.7 Å². The molecule has 5 rings (SSSR count). The van der Waals surface area contributed by atoms with E-state index in [0.717, 1.165) is 37.6 Å². The molecule has 1 saturated heterocycles. The van der Waals surface area contributed by atoms with Crippen molar-refractivity contribution >= 4 is 11.4 Å². The summed E-state index contributed by atoms with van der Waals surface area (Å²) in [6.07, 6.45) is 9.50. The highest BCUT2D eigenvalue weighted by molar-refractivity contribution is 5.76. The molecule has 208 valence electrons. The van der Waals surface area contributed by atoms with E-state index in [1.807, 2.05) is 12.1 Å². The van der Waals surface area contributed by atoms with Gasteiger partial charge >= 0.3 is 0 Å². The standard InChI is InChI=1S/C34H45N3O2/c1-38-33-19-7-3-13-28(33)15-9-11-23-35-25-21-30(22-26-35)37-27-36(31-17-5-6-18-32(31)37)24-12-10-16-29-14-4-8-20-34(29)39-2/h3-8,13-14,17-20,30H,9-12,15-16,21-27H2,1-2H3. The number of rotatable bonds is 13. The van der Waals surface area contributed by atoms with E-state index in [0.29, 0.717) is 6.04 Å². The Morgan fingerprint density at radius 1 is 0.641 bits per heavy atom. The van der Waals surface area contributed by atoms with Gasteiger partial charge in [-0.3, -0.25) is 0 Å². The summed E-state index contributed by atoms with van der Waals surface area (Å²) >= 11 is 0. The van der Waals surface area contributed by atoms with Crippen molar-refractivity contribution in [3.63, 3.8) is 0 Å². The molecule has 0 saturated carbocycles. The summed E-state index contributed by atoms with van der Waals surface area (Å²) in [5, 5.41) is 0. The molecular formula is C34H45N3O2. The van der Waals surface area contributed by atoms with Crippen LogP contribution in [0, 0.1) is 0 Å². The maximum Gasteiger partial charge on any atom is 0.122 e. The van der Waals surface area contributed by atoms with Crippen LogP contribution in [-0.2, 0) is 12.8 Å². The fourth-order valence-corrected chi connectivity index (χ4v) is 6.36. The summed E-state index contributed by atoms with van der Waals surface area (Å²) < 4.78 is 11.1. The number of aryl methyl sites for hydroxylation is 2. The van der Waals surface area contributed by atoms with Crippen molar-refractivity contribution in [2.45, 2.75) is 57.4 Å². The molecule has 0 unspecified atom stereocenters. The fourth-order valence-electron chi connectivity index (χ4n) is 6.36. The highest BCUT2D eigenvalue weighted by Crippen LogP contribution is 2.39. The van der Waals surface area contributed by atoms with Crippen LogP contribution in [-0.4, -0.2) is 58.0 Å². The van der Waals surface area contributed by atoms with E-state index in [9.17, 15) is 0 Å². The van der Waals surface area contributed by atoms with Crippen molar-refractivity contribution in [1.82, 2.24) is 4.90 Å². The van der Waals surface area contributed by atoms with Gasteiger partial charge in [0.1, 0.15) is 11.5 Å². The number of ether oxygens (including phenoxy) is 2. The number of fused-ring (bicyclic) bond motifs is 1. The lowest BCUT2D eigenvalue weighted by Gasteiger charge is -2.38. The number of methoxy groups -OCH3 is 2. The molecule has 5 nitrogen and oxygen atoms in total. The Hall–Kier alpha value is -3.18. The first-order valence-electron chi connectivity index (χ1n) is 14.8. The number of unbranched alkanes of at least 4 members (excludes halogenated alkanes) is 2. The first-order valence-corrected chi connectivity index (χ1v) is 14.8. The van der Waals surface area contributed by atoms with Crippen LogP contribution in [0.5, 0.6) is 11.5 Å². The van der Waals surface area contributed by atoms with Crippen LogP contribution >= 0.6 is 0 Å². The van der Waals surface area contributed by atoms with E-state index in [1.165, 1.54) is 80.7 Å². The van der Waals surface area contributed by atoms with Crippen molar-refractivity contribution in [3.8, 4) is 11.5 Å². The molecule has 0 N–H and O–H groups in total. The number of hydrogen-bond donors (Lipinski definition) is 0. The Kier molecular flexibility index (Phi) is 9.66. The highest BCUT2D eigenvalue weighted by Gasteiger charge is 2.32. The van der Waals surface area contributed by atoms with Crippen LogP contribution < -0.4 is 19.3 Å². The average molecular weight is 528 g/mol. The van der Waals surface area contributed by atoms with E-state index in [2.05, 4.69) is 75.4 Å². The Morgan fingerprint density at radius 3 is 1.79 bits per heavy atom. The second-order valence-electron chi connectivity index (χ2n) is 11.0.